The first-order valence-corrected chi connectivity index (χ1v) is 19.7. The minimum absolute atomic E-state index is 0.689. The second-order valence-corrected chi connectivity index (χ2v) is 15.3. The maximum absolute atomic E-state index is 5.15. The van der Waals surface area contributed by atoms with Crippen LogP contribution in [0.1, 0.15) is 0 Å². The summed E-state index contributed by atoms with van der Waals surface area (Å²) in [6.45, 7) is 0. The van der Waals surface area contributed by atoms with Crippen LogP contribution in [-0.4, -0.2) is 23.9 Å². The monoisotopic (exact) mass is 733 g/mol. The van der Waals surface area contributed by atoms with Crippen molar-refractivity contribution in [2.45, 2.75) is 0 Å². The molecule has 0 bridgehead atoms. The summed E-state index contributed by atoms with van der Waals surface area (Å²) in [5.41, 5.74) is 9.76. The van der Waals surface area contributed by atoms with Crippen LogP contribution in [0.4, 0.5) is 0 Å². The molecular formula is C50H31N5S. The number of fused-ring (bicyclic) bond motifs is 10. The summed E-state index contributed by atoms with van der Waals surface area (Å²) in [6, 6.07) is 67.0. The van der Waals surface area contributed by atoms with Crippen molar-refractivity contribution in [3.8, 4) is 39.8 Å². The van der Waals surface area contributed by atoms with E-state index in [1.165, 1.54) is 52.8 Å². The van der Waals surface area contributed by atoms with E-state index < -0.39 is 0 Å². The van der Waals surface area contributed by atoms with Gasteiger partial charge in [0, 0.05) is 52.8 Å². The van der Waals surface area contributed by atoms with Crippen LogP contribution >= 0.6 is 11.3 Å². The van der Waals surface area contributed by atoms with E-state index in [-0.39, 0.29) is 0 Å². The smallest absolute Gasteiger partial charge is 0.182 e. The van der Waals surface area contributed by atoms with Gasteiger partial charge in [0.1, 0.15) is 0 Å². The minimum atomic E-state index is 0.689. The molecule has 0 spiro atoms. The Labute approximate surface area is 325 Å². The number of hydrogen-bond acceptors (Lipinski definition) is 3. The zero-order valence-electron chi connectivity index (χ0n) is 30.0. The van der Waals surface area contributed by atoms with Crippen molar-refractivity contribution in [1.29, 1.82) is 0 Å². The van der Waals surface area contributed by atoms with E-state index in [0.29, 0.717) is 5.82 Å². The van der Waals surface area contributed by atoms with Crippen LogP contribution in [0.15, 0.2) is 188 Å². The number of aromatic nitrogens is 5. The van der Waals surface area contributed by atoms with Crippen molar-refractivity contribution in [3.63, 3.8) is 0 Å². The molecule has 0 amide bonds. The molecule has 6 heteroatoms. The Hall–Kier alpha value is -7.28. The summed E-state index contributed by atoms with van der Waals surface area (Å²) < 4.78 is 9.53. The Morgan fingerprint density at radius 3 is 1.75 bits per heavy atom. The predicted molar refractivity (Wildman–Crippen MR) is 234 cm³/mol. The molecule has 4 aromatic heterocycles. The summed E-state index contributed by atoms with van der Waals surface area (Å²) in [5.74, 6) is 1.49. The third-order valence-corrected chi connectivity index (χ3v) is 12.3. The summed E-state index contributed by atoms with van der Waals surface area (Å²) in [6.07, 6.45) is 0. The Balaban J connectivity index is 1.13. The minimum Gasteiger partial charge on any atom is -0.307 e. The van der Waals surface area contributed by atoms with Crippen molar-refractivity contribution in [2.75, 3.05) is 0 Å². The van der Waals surface area contributed by atoms with Gasteiger partial charge in [-0.2, -0.15) is 0 Å². The van der Waals surface area contributed by atoms with Crippen LogP contribution in [0.3, 0.4) is 0 Å². The Morgan fingerprint density at radius 1 is 0.411 bits per heavy atom. The molecule has 8 aromatic carbocycles. The molecule has 0 aliphatic heterocycles. The van der Waals surface area contributed by atoms with E-state index in [9.17, 15) is 0 Å². The number of hydrogen-bond donors (Lipinski definition) is 0. The molecule has 12 rings (SSSR count). The zero-order chi connectivity index (χ0) is 36.7. The van der Waals surface area contributed by atoms with Crippen LogP contribution in [0.25, 0.3) is 104 Å². The van der Waals surface area contributed by atoms with Crippen LogP contribution in [0.2, 0.25) is 0 Å². The van der Waals surface area contributed by atoms with Gasteiger partial charge < -0.3 is 9.13 Å². The average Bonchev–Trinajstić information content (AvgIpc) is 4.04. The third-order valence-electron chi connectivity index (χ3n) is 11.1. The molecule has 0 saturated carbocycles. The molecule has 0 radical (unpaired) electrons. The van der Waals surface area contributed by atoms with Gasteiger partial charge >= 0.3 is 0 Å². The molecule has 0 atom stereocenters. The summed E-state index contributed by atoms with van der Waals surface area (Å²) in [7, 11) is 0. The second-order valence-electron chi connectivity index (χ2n) is 14.2. The summed E-state index contributed by atoms with van der Waals surface area (Å²) in [5, 5.41) is 12.7. The van der Waals surface area contributed by atoms with E-state index >= 15 is 0 Å². The highest BCUT2D eigenvalue weighted by molar-refractivity contribution is 7.26. The fraction of sp³-hybridized carbons (Fsp3) is 0. The molecule has 56 heavy (non-hydrogen) atoms. The molecule has 5 nitrogen and oxygen atoms in total. The molecule has 12 aromatic rings. The SMILES string of the molecule is c1ccc(-c2nc(-c3ccccc3)n(-c3ccc4c5ccccc5n(-c5ccccc5-n5c6ccccc6c6c7sc8ccccc8c7ccc65)c4c3)n2)cc1. The summed E-state index contributed by atoms with van der Waals surface area (Å²) >= 11 is 1.89. The van der Waals surface area contributed by atoms with E-state index in [1.807, 2.05) is 40.3 Å². The number of rotatable bonds is 5. The Kier molecular flexibility index (Phi) is 6.73. The quantitative estimate of drug-likeness (QED) is 0.177. The molecule has 0 aliphatic carbocycles. The van der Waals surface area contributed by atoms with E-state index in [1.54, 1.807) is 0 Å². The first kappa shape index (κ1) is 31.1. The molecule has 4 heterocycles. The van der Waals surface area contributed by atoms with Crippen molar-refractivity contribution < 1.29 is 0 Å². The second kappa shape index (κ2) is 12.1. The fourth-order valence-corrected chi connectivity index (χ4v) is 9.92. The van der Waals surface area contributed by atoms with E-state index in [0.717, 1.165) is 45.0 Å². The van der Waals surface area contributed by atoms with Crippen LogP contribution in [0, 0.1) is 0 Å². The van der Waals surface area contributed by atoms with Crippen molar-refractivity contribution >= 4 is 75.1 Å². The van der Waals surface area contributed by atoms with Gasteiger partial charge in [0.05, 0.1) is 39.1 Å². The van der Waals surface area contributed by atoms with Crippen molar-refractivity contribution in [1.82, 2.24) is 23.9 Å². The van der Waals surface area contributed by atoms with Gasteiger partial charge in [-0.25, -0.2) is 9.67 Å². The lowest BCUT2D eigenvalue weighted by molar-refractivity contribution is 0.891. The first-order chi connectivity index (χ1) is 27.8. The van der Waals surface area contributed by atoms with Crippen molar-refractivity contribution in [2.24, 2.45) is 0 Å². The number of benzene rings is 8. The molecule has 0 fully saturated rings. The highest BCUT2D eigenvalue weighted by Gasteiger charge is 2.22. The number of thiophene rings is 1. The van der Waals surface area contributed by atoms with Gasteiger partial charge in [-0.1, -0.05) is 140 Å². The van der Waals surface area contributed by atoms with Gasteiger partial charge in [0.25, 0.3) is 0 Å². The molecular weight excluding hydrogens is 703 g/mol. The fourth-order valence-electron chi connectivity index (χ4n) is 8.66. The lowest BCUT2D eigenvalue weighted by Crippen LogP contribution is -2.04. The van der Waals surface area contributed by atoms with Gasteiger partial charge in [-0.3, -0.25) is 0 Å². The van der Waals surface area contributed by atoms with Crippen molar-refractivity contribution in [3.05, 3.63) is 188 Å². The van der Waals surface area contributed by atoms with Crippen LogP contribution in [0.5, 0.6) is 0 Å². The maximum atomic E-state index is 5.15. The lowest BCUT2D eigenvalue weighted by atomic mass is 10.1. The normalized spacial score (nSPS) is 11.9. The average molecular weight is 734 g/mol. The summed E-state index contributed by atoms with van der Waals surface area (Å²) in [4.78, 5) is 5.11. The van der Waals surface area contributed by atoms with Gasteiger partial charge in [0.15, 0.2) is 11.6 Å². The zero-order valence-corrected chi connectivity index (χ0v) is 30.9. The highest BCUT2D eigenvalue weighted by atomic mass is 32.1. The predicted octanol–water partition coefficient (Wildman–Crippen LogP) is 13.2. The topological polar surface area (TPSA) is 40.6 Å². The lowest BCUT2D eigenvalue weighted by Gasteiger charge is -2.17. The van der Waals surface area contributed by atoms with Crippen LogP contribution in [-0.2, 0) is 0 Å². The Bertz CT molecular complexity index is 3480. The first-order valence-electron chi connectivity index (χ1n) is 18.8. The molecule has 0 N–H and O–H groups in total. The highest BCUT2D eigenvalue weighted by Crippen LogP contribution is 2.44. The van der Waals surface area contributed by atoms with Gasteiger partial charge in [-0.05, 0) is 48.5 Å². The Morgan fingerprint density at radius 2 is 0.982 bits per heavy atom. The van der Waals surface area contributed by atoms with E-state index in [2.05, 4.69) is 173 Å². The molecule has 262 valence electrons. The number of para-hydroxylation sites is 4. The van der Waals surface area contributed by atoms with E-state index in [4.69, 9.17) is 10.1 Å². The van der Waals surface area contributed by atoms with Gasteiger partial charge in [0.2, 0.25) is 0 Å². The molecule has 0 unspecified atom stereocenters. The maximum Gasteiger partial charge on any atom is 0.182 e. The van der Waals surface area contributed by atoms with Gasteiger partial charge in [-0.15, -0.1) is 16.4 Å². The standard InChI is InChI=1S/C50H31N5S/c1-3-15-32(16-4-1)49-51-50(33-17-5-2-6-18-33)55(52-49)34-27-28-36-35-19-7-10-22-40(35)54(45(36)31-34)43-25-13-12-24-42(43)53-41-23-11-8-21-39(41)47-44(53)30-29-38-37-20-9-14-26-46(37)56-48(38)47/h1-31H. The number of nitrogens with zero attached hydrogens (tertiary/aromatic N) is 5. The molecule has 0 saturated heterocycles. The molecule has 0 aliphatic rings. The largest absolute Gasteiger partial charge is 0.307 e. The third kappa shape index (κ3) is 4.54. The van der Waals surface area contributed by atoms with Crippen LogP contribution < -0.4 is 0 Å².